The Morgan fingerprint density at radius 2 is 1.72 bits per heavy atom. The first kappa shape index (κ1) is 11.9. The van der Waals surface area contributed by atoms with Crippen LogP contribution in [0.3, 0.4) is 0 Å². The fourth-order valence-electron chi connectivity index (χ4n) is 2.97. The van der Waals surface area contributed by atoms with Crippen LogP contribution < -0.4 is 4.90 Å². The molecule has 1 aromatic carbocycles. The van der Waals surface area contributed by atoms with Crippen LogP contribution in [-0.4, -0.2) is 11.8 Å². The number of carbonyl (C=O) groups excluding carboxylic acids is 2. The Morgan fingerprint density at radius 1 is 1.17 bits per heavy atom. The van der Waals surface area contributed by atoms with E-state index in [1.165, 1.54) is 4.90 Å². The van der Waals surface area contributed by atoms with E-state index < -0.39 is 0 Å². The van der Waals surface area contributed by atoms with E-state index >= 15 is 0 Å². The molecule has 2 unspecified atom stereocenters. The number of carbonyl (C=O) groups is 2. The van der Waals surface area contributed by atoms with Crippen LogP contribution in [0.25, 0.3) is 0 Å². The van der Waals surface area contributed by atoms with Crippen LogP contribution in [0.15, 0.2) is 22.7 Å². The molecule has 1 heterocycles. The molecular formula is C14H14BrNO2. The van der Waals surface area contributed by atoms with Gasteiger partial charge in [0.25, 0.3) is 0 Å². The monoisotopic (exact) mass is 307 g/mol. The second-order valence-electron chi connectivity index (χ2n) is 5.72. The first-order valence-electron chi connectivity index (χ1n) is 5.99. The zero-order valence-corrected chi connectivity index (χ0v) is 12.1. The Labute approximate surface area is 114 Å². The minimum Gasteiger partial charge on any atom is -0.274 e. The predicted octanol–water partition coefficient (Wildman–Crippen LogP) is 2.90. The molecule has 0 N–H and O–H groups in total. The Hall–Kier alpha value is -1.16. The van der Waals surface area contributed by atoms with Crippen LogP contribution in [0.1, 0.15) is 19.4 Å². The second kappa shape index (κ2) is 3.44. The molecule has 94 valence electrons. The van der Waals surface area contributed by atoms with Gasteiger partial charge in [-0.3, -0.25) is 14.5 Å². The second-order valence-corrected chi connectivity index (χ2v) is 6.58. The Morgan fingerprint density at radius 3 is 2.22 bits per heavy atom. The quantitative estimate of drug-likeness (QED) is 0.748. The largest absolute Gasteiger partial charge is 0.274 e. The summed E-state index contributed by atoms with van der Waals surface area (Å²) in [6.45, 7) is 5.92. The molecule has 1 aliphatic carbocycles. The summed E-state index contributed by atoms with van der Waals surface area (Å²) in [5, 5.41) is 0. The van der Waals surface area contributed by atoms with Crippen LogP contribution in [0.4, 0.5) is 5.69 Å². The first-order valence-corrected chi connectivity index (χ1v) is 6.79. The van der Waals surface area contributed by atoms with Crippen molar-refractivity contribution in [1.82, 2.24) is 0 Å². The van der Waals surface area contributed by atoms with Crippen molar-refractivity contribution in [3.05, 3.63) is 28.2 Å². The van der Waals surface area contributed by atoms with Crippen LogP contribution in [0, 0.1) is 24.2 Å². The number of hydrogen-bond acceptors (Lipinski definition) is 2. The van der Waals surface area contributed by atoms with Gasteiger partial charge in [0, 0.05) is 4.47 Å². The molecular weight excluding hydrogens is 294 g/mol. The summed E-state index contributed by atoms with van der Waals surface area (Å²) < 4.78 is 0.982. The predicted molar refractivity (Wildman–Crippen MR) is 72.1 cm³/mol. The Bertz CT molecular complexity index is 555. The van der Waals surface area contributed by atoms with Gasteiger partial charge in [-0.15, -0.1) is 0 Å². The standard InChI is InChI=1S/C14H14BrNO2/c1-7-6-8(4-5-9(7)15)16-12(17)10-11(13(16)18)14(10,2)3/h4-6,10-11H,1-3H3. The molecule has 1 saturated heterocycles. The molecule has 0 spiro atoms. The summed E-state index contributed by atoms with van der Waals surface area (Å²) in [6, 6.07) is 5.56. The maximum Gasteiger partial charge on any atom is 0.238 e. The summed E-state index contributed by atoms with van der Waals surface area (Å²) >= 11 is 3.42. The lowest BCUT2D eigenvalue weighted by Crippen LogP contribution is -2.36. The number of benzene rings is 1. The van der Waals surface area contributed by atoms with Crippen molar-refractivity contribution < 1.29 is 9.59 Å². The summed E-state index contributed by atoms with van der Waals surface area (Å²) in [5.74, 6) is -0.323. The molecule has 2 aliphatic rings. The average molecular weight is 308 g/mol. The van der Waals surface area contributed by atoms with Gasteiger partial charge < -0.3 is 0 Å². The number of aryl methyl sites for hydroxylation is 1. The average Bonchev–Trinajstić information content (AvgIpc) is 2.74. The van der Waals surface area contributed by atoms with Crippen molar-refractivity contribution in [3.8, 4) is 0 Å². The van der Waals surface area contributed by atoms with E-state index in [-0.39, 0.29) is 29.1 Å². The third-order valence-electron chi connectivity index (χ3n) is 4.20. The number of imide groups is 1. The number of nitrogens with zero attached hydrogens (tertiary/aromatic N) is 1. The topological polar surface area (TPSA) is 37.4 Å². The summed E-state index contributed by atoms with van der Waals surface area (Å²) in [4.78, 5) is 25.9. The fourth-order valence-corrected chi connectivity index (χ4v) is 3.22. The highest BCUT2D eigenvalue weighted by molar-refractivity contribution is 9.10. The number of piperidine rings is 1. The molecule has 1 aliphatic heterocycles. The van der Waals surface area contributed by atoms with Crippen LogP contribution in [-0.2, 0) is 9.59 Å². The zero-order chi connectivity index (χ0) is 13.2. The molecule has 1 saturated carbocycles. The molecule has 4 heteroatoms. The molecule has 0 radical (unpaired) electrons. The molecule has 3 nitrogen and oxygen atoms in total. The van der Waals surface area contributed by atoms with E-state index in [4.69, 9.17) is 0 Å². The SMILES string of the molecule is Cc1cc(N2C(=O)C3C(C2=O)C3(C)C)ccc1Br. The van der Waals surface area contributed by atoms with E-state index in [0.717, 1.165) is 10.0 Å². The number of anilines is 1. The van der Waals surface area contributed by atoms with Gasteiger partial charge in [-0.1, -0.05) is 29.8 Å². The number of hydrogen-bond donors (Lipinski definition) is 0. The lowest BCUT2D eigenvalue weighted by molar-refractivity contribution is -0.125. The smallest absolute Gasteiger partial charge is 0.238 e. The lowest BCUT2D eigenvalue weighted by atomic mass is 10.0. The highest BCUT2D eigenvalue weighted by Gasteiger charge is 2.72. The van der Waals surface area contributed by atoms with Gasteiger partial charge in [-0.2, -0.15) is 0 Å². The van der Waals surface area contributed by atoms with E-state index in [0.29, 0.717) is 5.69 Å². The van der Waals surface area contributed by atoms with Gasteiger partial charge in [0.1, 0.15) is 0 Å². The van der Waals surface area contributed by atoms with Crippen LogP contribution in [0.2, 0.25) is 0 Å². The lowest BCUT2D eigenvalue weighted by Gasteiger charge is -2.21. The minimum atomic E-state index is -0.144. The normalized spacial score (nSPS) is 28.6. The maximum atomic E-state index is 12.3. The molecule has 2 amide bonds. The van der Waals surface area contributed by atoms with Crippen molar-refractivity contribution >= 4 is 33.4 Å². The third kappa shape index (κ3) is 1.35. The van der Waals surface area contributed by atoms with Crippen molar-refractivity contribution in [3.63, 3.8) is 0 Å². The Kier molecular flexibility index (Phi) is 2.28. The van der Waals surface area contributed by atoms with Crippen molar-refractivity contribution in [1.29, 1.82) is 0 Å². The Balaban J connectivity index is 1.98. The molecule has 1 aromatic rings. The van der Waals surface area contributed by atoms with Crippen molar-refractivity contribution in [2.24, 2.45) is 17.3 Å². The summed E-state index contributed by atoms with van der Waals surface area (Å²) in [5.41, 5.74) is 1.57. The van der Waals surface area contributed by atoms with Crippen molar-refractivity contribution in [2.75, 3.05) is 4.90 Å². The van der Waals surface area contributed by atoms with Crippen LogP contribution in [0.5, 0.6) is 0 Å². The highest BCUT2D eigenvalue weighted by atomic mass is 79.9. The van der Waals surface area contributed by atoms with E-state index in [2.05, 4.69) is 15.9 Å². The molecule has 3 rings (SSSR count). The summed E-state index contributed by atoms with van der Waals surface area (Å²) in [6.07, 6.45) is 0. The number of rotatable bonds is 1. The van der Waals surface area contributed by atoms with E-state index in [1.807, 2.05) is 39.0 Å². The van der Waals surface area contributed by atoms with E-state index in [9.17, 15) is 9.59 Å². The molecule has 0 bridgehead atoms. The van der Waals surface area contributed by atoms with Gasteiger partial charge >= 0.3 is 0 Å². The van der Waals surface area contributed by atoms with Crippen molar-refractivity contribution in [2.45, 2.75) is 20.8 Å². The third-order valence-corrected chi connectivity index (χ3v) is 5.09. The van der Waals surface area contributed by atoms with Gasteiger partial charge in [-0.25, -0.2) is 0 Å². The van der Waals surface area contributed by atoms with Gasteiger partial charge in [-0.05, 0) is 36.1 Å². The van der Waals surface area contributed by atoms with E-state index in [1.54, 1.807) is 0 Å². The molecule has 2 fully saturated rings. The molecule has 18 heavy (non-hydrogen) atoms. The van der Waals surface area contributed by atoms with Gasteiger partial charge in [0.15, 0.2) is 0 Å². The summed E-state index contributed by atoms with van der Waals surface area (Å²) in [7, 11) is 0. The number of halogens is 1. The minimum absolute atomic E-state index is 0.0447. The van der Waals surface area contributed by atoms with Gasteiger partial charge in [0.2, 0.25) is 11.8 Å². The van der Waals surface area contributed by atoms with Gasteiger partial charge in [0.05, 0.1) is 17.5 Å². The first-order chi connectivity index (χ1) is 8.35. The van der Waals surface area contributed by atoms with Crippen LogP contribution >= 0.6 is 15.9 Å². The number of fused-ring (bicyclic) bond motifs is 1. The molecule has 2 atom stereocenters. The molecule has 0 aromatic heterocycles. The highest BCUT2D eigenvalue weighted by Crippen LogP contribution is 2.63. The maximum absolute atomic E-state index is 12.3. The zero-order valence-electron chi connectivity index (χ0n) is 10.5. The number of amides is 2. The fraction of sp³-hybridized carbons (Fsp3) is 0.429.